The number of thioether (sulfide) groups is 1. The molecular formula is C31H23Cl4N3O3S. The van der Waals surface area contributed by atoms with Crippen LogP contribution in [0.3, 0.4) is 0 Å². The van der Waals surface area contributed by atoms with Crippen molar-refractivity contribution >= 4 is 93.3 Å². The first-order chi connectivity index (χ1) is 20.1. The second-order valence-electron chi connectivity index (χ2n) is 8.88. The fraction of sp³-hybridized carbons (Fsp3) is 0.0645. The summed E-state index contributed by atoms with van der Waals surface area (Å²) in [5.74, 6) is -1.24. The summed E-state index contributed by atoms with van der Waals surface area (Å²) in [5.41, 5.74) is 1.84. The molecule has 4 aromatic rings. The molecule has 0 heterocycles. The minimum Gasteiger partial charge on any atom is -0.325 e. The predicted molar refractivity (Wildman–Crippen MR) is 174 cm³/mol. The summed E-state index contributed by atoms with van der Waals surface area (Å²) in [6, 6.07) is 25.4. The van der Waals surface area contributed by atoms with Crippen molar-refractivity contribution in [1.82, 2.24) is 5.32 Å². The molecule has 1 atom stereocenters. The van der Waals surface area contributed by atoms with Crippen molar-refractivity contribution in [1.29, 1.82) is 0 Å². The third-order valence-corrected chi connectivity index (χ3v) is 8.48. The third-order valence-electron chi connectivity index (χ3n) is 5.79. The van der Waals surface area contributed by atoms with Crippen molar-refractivity contribution in [3.8, 4) is 0 Å². The summed E-state index contributed by atoms with van der Waals surface area (Å²) in [7, 11) is 0. The van der Waals surface area contributed by atoms with E-state index in [-0.39, 0.29) is 16.6 Å². The Labute approximate surface area is 267 Å². The SMILES string of the molecule is CC(Sc1ccc(NC(=O)/C(=C/c2cccc(Cl)c2Cl)NC(=O)c2ccccc2)cc1)C(=O)Nc1ccc(Cl)c(Cl)c1. The van der Waals surface area contributed by atoms with Gasteiger partial charge >= 0.3 is 0 Å². The number of nitrogens with one attached hydrogen (secondary N) is 3. The van der Waals surface area contributed by atoms with Crippen LogP contribution >= 0.6 is 58.2 Å². The maximum Gasteiger partial charge on any atom is 0.272 e. The van der Waals surface area contributed by atoms with Crippen molar-refractivity contribution in [2.45, 2.75) is 17.1 Å². The highest BCUT2D eigenvalue weighted by Crippen LogP contribution is 2.29. The maximum atomic E-state index is 13.3. The van der Waals surface area contributed by atoms with Crippen molar-refractivity contribution in [3.63, 3.8) is 0 Å². The number of amides is 3. The van der Waals surface area contributed by atoms with Gasteiger partial charge in [-0.15, -0.1) is 11.8 Å². The third kappa shape index (κ3) is 8.53. The van der Waals surface area contributed by atoms with Gasteiger partial charge in [0.1, 0.15) is 5.70 Å². The van der Waals surface area contributed by atoms with E-state index in [2.05, 4.69) is 16.0 Å². The zero-order chi connectivity index (χ0) is 30.2. The molecule has 0 saturated heterocycles. The van der Waals surface area contributed by atoms with Crippen LogP contribution in [0.25, 0.3) is 6.08 Å². The van der Waals surface area contributed by atoms with Crippen LogP contribution in [0.15, 0.2) is 102 Å². The molecular weight excluding hydrogens is 636 g/mol. The fourth-order valence-electron chi connectivity index (χ4n) is 3.62. The molecule has 0 spiro atoms. The molecule has 0 aliphatic carbocycles. The summed E-state index contributed by atoms with van der Waals surface area (Å²) >= 11 is 25.8. The Morgan fingerprint density at radius 3 is 2.12 bits per heavy atom. The van der Waals surface area contributed by atoms with Gasteiger partial charge in [-0.25, -0.2) is 0 Å². The molecule has 0 bridgehead atoms. The smallest absolute Gasteiger partial charge is 0.272 e. The van der Waals surface area contributed by atoms with Crippen LogP contribution in [0.1, 0.15) is 22.8 Å². The highest BCUT2D eigenvalue weighted by Gasteiger charge is 2.18. The number of carbonyl (C=O) groups is 3. The van der Waals surface area contributed by atoms with Crippen molar-refractivity contribution in [3.05, 3.63) is 128 Å². The van der Waals surface area contributed by atoms with Gasteiger partial charge in [0.25, 0.3) is 11.8 Å². The Bertz CT molecular complexity index is 1650. The van der Waals surface area contributed by atoms with Crippen molar-refractivity contribution < 1.29 is 14.4 Å². The van der Waals surface area contributed by atoms with E-state index in [1.54, 1.807) is 97.9 Å². The second kappa shape index (κ2) is 14.6. The quantitative estimate of drug-likeness (QED) is 0.124. The second-order valence-corrected chi connectivity index (χ2v) is 11.9. The van der Waals surface area contributed by atoms with Crippen LogP contribution in [-0.4, -0.2) is 23.0 Å². The van der Waals surface area contributed by atoms with E-state index < -0.39 is 17.1 Å². The van der Waals surface area contributed by atoms with Crippen LogP contribution in [0.5, 0.6) is 0 Å². The van der Waals surface area contributed by atoms with Gasteiger partial charge in [0, 0.05) is 21.8 Å². The normalized spacial score (nSPS) is 11.9. The molecule has 0 aliphatic rings. The monoisotopic (exact) mass is 657 g/mol. The predicted octanol–water partition coefficient (Wildman–Crippen LogP) is 8.83. The van der Waals surface area contributed by atoms with Crippen LogP contribution in [0.4, 0.5) is 11.4 Å². The summed E-state index contributed by atoms with van der Waals surface area (Å²) in [5, 5.41) is 9.16. The average molecular weight is 659 g/mol. The van der Waals surface area contributed by atoms with Gasteiger partial charge < -0.3 is 16.0 Å². The Morgan fingerprint density at radius 1 is 0.738 bits per heavy atom. The Morgan fingerprint density at radius 2 is 1.43 bits per heavy atom. The molecule has 1 unspecified atom stereocenters. The highest BCUT2D eigenvalue weighted by atomic mass is 35.5. The lowest BCUT2D eigenvalue weighted by Crippen LogP contribution is -2.30. The van der Waals surface area contributed by atoms with Gasteiger partial charge in [-0.2, -0.15) is 0 Å². The number of rotatable bonds is 9. The topological polar surface area (TPSA) is 87.3 Å². The molecule has 4 aromatic carbocycles. The molecule has 0 aromatic heterocycles. The lowest BCUT2D eigenvalue weighted by Gasteiger charge is -2.14. The zero-order valence-electron chi connectivity index (χ0n) is 22.0. The summed E-state index contributed by atoms with van der Waals surface area (Å²) in [6.07, 6.45) is 1.46. The first kappa shape index (κ1) is 31.5. The first-order valence-electron chi connectivity index (χ1n) is 12.5. The minimum atomic E-state index is -0.565. The summed E-state index contributed by atoms with van der Waals surface area (Å²) in [6.45, 7) is 1.78. The Hall–Kier alpha value is -3.46. The number of carbonyl (C=O) groups excluding carboxylic acids is 3. The highest BCUT2D eigenvalue weighted by molar-refractivity contribution is 8.00. The van der Waals surface area contributed by atoms with Crippen LogP contribution in [0, 0.1) is 0 Å². The molecule has 0 aliphatic heterocycles. The van der Waals surface area contributed by atoms with E-state index in [0.29, 0.717) is 37.6 Å². The van der Waals surface area contributed by atoms with E-state index in [0.717, 1.165) is 4.90 Å². The Kier molecular flexibility index (Phi) is 11.0. The maximum absolute atomic E-state index is 13.3. The van der Waals surface area contributed by atoms with E-state index in [9.17, 15) is 14.4 Å². The van der Waals surface area contributed by atoms with Gasteiger partial charge in [0.2, 0.25) is 5.91 Å². The molecule has 42 heavy (non-hydrogen) atoms. The van der Waals surface area contributed by atoms with Gasteiger partial charge in [-0.3, -0.25) is 14.4 Å². The van der Waals surface area contributed by atoms with Crippen molar-refractivity contribution in [2.24, 2.45) is 0 Å². The Balaban J connectivity index is 1.45. The molecule has 4 rings (SSSR count). The first-order valence-corrected chi connectivity index (χ1v) is 14.9. The number of benzene rings is 4. The number of anilines is 2. The van der Waals surface area contributed by atoms with Gasteiger partial charge in [-0.1, -0.05) is 76.7 Å². The standard InChI is InChI=1S/C31H23Cl4N3O3S/c1-18(29(39)37-22-12-15-24(32)26(34)17-22)42-23-13-10-21(11-14-23)36-31(41)27(16-20-8-5-9-25(33)28(20)35)38-30(40)19-6-3-2-4-7-19/h2-18H,1H3,(H,36,41)(H,37,39)(H,38,40)/b27-16-. The van der Waals surface area contributed by atoms with E-state index in [1.807, 2.05) is 0 Å². The molecule has 0 radical (unpaired) electrons. The molecule has 11 heteroatoms. The summed E-state index contributed by atoms with van der Waals surface area (Å²) in [4.78, 5) is 39.6. The molecule has 0 fully saturated rings. The van der Waals surface area contributed by atoms with Crippen LogP contribution < -0.4 is 16.0 Å². The van der Waals surface area contributed by atoms with E-state index >= 15 is 0 Å². The fourth-order valence-corrected chi connectivity index (χ4v) is 5.15. The van der Waals surface area contributed by atoms with Crippen molar-refractivity contribution in [2.75, 3.05) is 10.6 Å². The number of hydrogen-bond acceptors (Lipinski definition) is 4. The lowest BCUT2D eigenvalue weighted by molar-refractivity contribution is -0.115. The lowest BCUT2D eigenvalue weighted by atomic mass is 10.1. The van der Waals surface area contributed by atoms with Gasteiger partial charge in [0.15, 0.2) is 0 Å². The molecule has 214 valence electrons. The van der Waals surface area contributed by atoms with Crippen LogP contribution in [-0.2, 0) is 9.59 Å². The van der Waals surface area contributed by atoms with Gasteiger partial charge in [0.05, 0.1) is 25.3 Å². The number of halogens is 4. The molecule has 3 N–H and O–H groups in total. The molecule has 6 nitrogen and oxygen atoms in total. The zero-order valence-corrected chi connectivity index (χ0v) is 25.8. The average Bonchev–Trinajstić information content (AvgIpc) is 2.98. The largest absolute Gasteiger partial charge is 0.325 e. The molecule has 3 amide bonds. The minimum absolute atomic E-state index is 0.0286. The van der Waals surface area contributed by atoms with E-state index in [1.165, 1.54) is 17.8 Å². The van der Waals surface area contributed by atoms with E-state index in [4.69, 9.17) is 46.4 Å². The van der Waals surface area contributed by atoms with Crippen LogP contribution in [0.2, 0.25) is 20.1 Å². The molecule has 0 saturated carbocycles. The number of hydrogen-bond donors (Lipinski definition) is 3. The summed E-state index contributed by atoms with van der Waals surface area (Å²) < 4.78 is 0. The van der Waals surface area contributed by atoms with Gasteiger partial charge in [-0.05, 0) is 79.2 Å².